The highest BCUT2D eigenvalue weighted by Gasteiger charge is 1.99. The zero-order valence-corrected chi connectivity index (χ0v) is 10.6. The third-order valence-electron chi connectivity index (χ3n) is 2.50. The van der Waals surface area contributed by atoms with Crippen molar-refractivity contribution in [1.82, 2.24) is 4.90 Å². The van der Waals surface area contributed by atoms with Gasteiger partial charge in [-0.3, -0.25) is 0 Å². The Morgan fingerprint density at radius 3 is 2.35 bits per heavy atom. The fraction of sp³-hybridized carbons (Fsp3) is 0.538. The zero-order chi connectivity index (χ0) is 12.5. The van der Waals surface area contributed by atoms with Gasteiger partial charge in [-0.05, 0) is 37.7 Å². The second-order valence-electron chi connectivity index (χ2n) is 3.90. The van der Waals surface area contributed by atoms with E-state index in [-0.39, 0.29) is 6.61 Å². The second-order valence-corrected chi connectivity index (χ2v) is 3.90. The molecule has 1 aromatic rings. The van der Waals surface area contributed by atoms with Crippen molar-refractivity contribution < 1.29 is 14.6 Å². The highest BCUT2D eigenvalue weighted by atomic mass is 16.5. The van der Waals surface area contributed by atoms with Gasteiger partial charge in [0.05, 0.1) is 7.11 Å². The Morgan fingerprint density at radius 2 is 1.76 bits per heavy atom. The average Bonchev–Trinajstić information content (AvgIpc) is 2.37. The minimum atomic E-state index is 0.240. The molecule has 0 atom stereocenters. The quantitative estimate of drug-likeness (QED) is 0.744. The number of aliphatic hydroxyl groups excluding tert-OH is 1. The van der Waals surface area contributed by atoms with Crippen molar-refractivity contribution in [3.05, 3.63) is 24.3 Å². The molecule has 0 spiro atoms. The summed E-state index contributed by atoms with van der Waals surface area (Å²) in [4.78, 5) is 2.14. The van der Waals surface area contributed by atoms with Crippen molar-refractivity contribution >= 4 is 0 Å². The molecule has 0 fully saturated rings. The summed E-state index contributed by atoms with van der Waals surface area (Å²) in [5, 5.41) is 8.70. The summed E-state index contributed by atoms with van der Waals surface area (Å²) < 4.78 is 10.7. The fourth-order valence-corrected chi connectivity index (χ4v) is 1.44. The van der Waals surface area contributed by atoms with Crippen molar-refractivity contribution in [3.63, 3.8) is 0 Å². The van der Waals surface area contributed by atoms with E-state index in [0.29, 0.717) is 6.61 Å². The number of likely N-dealkylation sites (N-methyl/N-ethyl adjacent to an activating group) is 1. The maximum atomic E-state index is 8.70. The van der Waals surface area contributed by atoms with Crippen LogP contribution in [-0.4, -0.2) is 50.5 Å². The number of methoxy groups -OCH3 is 1. The van der Waals surface area contributed by atoms with Crippen LogP contribution in [0.1, 0.15) is 6.42 Å². The standard InChI is InChI=1S/C13H21NO3/c1-14(8-3-10-15)9-11-17-13-6-4-12(16-2)5-7-13/h4-7,15H,3,8-11H2,1-2H3. The molecule has 0 amide bonds. The van der Waals surface area contributed by atoms with Gasteiger partial charge in [0.25, 0.3) is 0 Å². The summed E-state index contributed by atoms with van der Waals surface area (Å²) in [6, 6.07) is 7.55. The Balaban J connectivity index is 2.21. The van der Waals surface area contributed by atoms with Crippen LogP contribution < -0.4 is 9.47 Å². The molecule has 1 N–H and O–H groups in total. The van der Waals surface area contributed by atoms with Crippen molar-refractivity contribution in [3.8, 4) is 11.5 Å². The van der Waals surface area contributed by atoms with Gasteiger partial charge in [-0.25, -0.2) is 0 Å². The molecule has 4 nitrogen and oxygen atoms in total. The molecular formula is C13H21NO3. The van der Waals surface area contributed by atoms with Crippen LogP contribution in [0.3, 0.4) is 0 Å². The molecule has 0 saturated heterocycles. The minimum absolute atomic E-state index is 0.240. The molecule has 96 valence electrons. The molecule has 0 aliphatic carbocycles. The molecule has 0 aliphatic rings. The molecule has 0 aliphatic heterocycles. The minimum Gasteiger partial charge on any atom is -0.497 e. The van der Waals surface area contributed by atoms with E-state index in [2.05, 4.69) is 4.90 Å². The molecule has 0 bridgehead atoms. The van der Waals surface area contributed by atoms with E-state index >= 15 is 0 Å². The Morgan fingerprint density at radius 1 is 1.12 bits per heavy atom. The number of hydrogen-bond acceptors (Lipinski definition) is 4. The van der Waals surface area contributed by atoms with Gasteiger partial charge in [0, 0.05) is 19.7 Å². The first-order valence-electron chi connectivity index (χ1n) is 5.82. The molecule has 0 saturated carbocycles. The number of aliphatic hydroxyl groups is 1. The largest absolute Gasteiger partial charge is 0.497 e. The summed E-state index contributed by atoms with van der Waals surface area (Å²) in [5.41, 5.74) is 0. The lowest BCUT2D eigenvalue weighted by molar-refractivity contribution is 0.213. The Kier molecular flexibility index (Phi) is 6.43. The van der Waals surface area contributed by atoms with Crippen LogP contribution in [0.5, 0.6) is 11.5 Å². The number of nitrogens with zero attached hydrogens (tertiary/aromatic N) is 1. The first kappa shape index (κ1) is 13.8. The number of rotatable bonds is 8. The Bertz CT molecular complexity index is 300. The predicted octanol–water partition coefficient (Wildman–Crippen LogP) is 1.39. The maximum absolute atomic E-state index is 8.70. The highest BCUT2D eigenvalue weighted by molar-refractivity contribution is 5.31. The summed E-state index contributed by atoms with van der Waals surface area (Å²) in [6.07, 6.45) is 0.805. The smallest absolute Gasteiger partial charge is 0.119 e. The highest BCUT2D eigenvalue weighted by Crippen LogP contribution is 2.16. The lowest BCUT2D eigenvalue weighted by atomic mass is 10.3. The van der Waals surface area contributed by atoms with Gasteiger partial charge in [0.15, 0.2) is 0 Å². The molecule has 0 aromatic heterocycles. The van der Waals surface area contributed by atoms with Crippen LogP contribution in [0, 0.1) is 0 Å². The van der Waals surface area contributed by atoms with Gasteiger partial charge in [-0.15, -0.1) is 0 Å². The fourth-order valence-electron chi connectivity index (χ4n) is 1.44. The van der Waals surface area contributed by atoms with Gasteiger partial charge < -0.3 is 19.5 Å². The summed E-state index contributed by atoms with van der Waals surface area (Å²) in [7, 11) is 3.67. The molecule has 0 radical (unpaired) electrons. The molecule has 1 rings (SSSR count). The van der Waals surface area contributed by atoms with Crippen molar-refractivity contribution in [2.24, 2.45) is 0 Å². The van der Waals surface area contributed by atoms with Gasteiger partial charge >= 0.3 is 0 Å². The summed E-state index contributed by atoms with van der Waals surface area (Å²) in [5.74, 6) is 1.68. The van der Waals surface area contributed by atoms with E-state index in [1.54, 1.807) is 7.11 Å². The first-order chi connectivity index (χ1) is 8.26. The van der Waals surface area contributed by atoms with Crippen LogP contribution in [0.25, 0.3) is 0 Å². The number of benzene rings is 1. The topological polar surface area (TPSA) is 41.9 Å². The van der Waals surface area contributed by atoms with Crippen LogP contribution in [-0.2, 0) is 0 Å². The predicted molar refractivity (Wildman–Crippen MR) is 67.7 cm³/mol. The molecule has 1 aromatic carbocycles. The van der Waals surface area contributed by atoms with Crippen LogP contribution >= 0.6 is 0 Å². The molecular weight excluding hydrogens is 218 g/mol. The normalized spacial score (nSPS) is 10.6. The zero-order valence-electron chi connectivity index (χ0n) is 10.6. The summed E-state index contributed by atoms with van der Waals surface area (Å²) in [6.45, 7) is 2.63. The van der Waals surface area contributed by atoms with Crippen molar-refractivity contribution in [2.75, 3.05) is 40.5 Å². The maximum Gasteiger partial charge on any atom is 0.119 e. The third kappa shape index (κ3) is 5.56. The SMILES string of the molecule is COc1ccc(OCCN(C)CCCO)cc1. The van der Waals surface area contributed by atoms with Gasteiger partial charge in [-0.1, -0.05) is 0 Å². The second kappa shape index (κ2) is 7.92. The van der Waals surface area contributed by atoms with Crippen LogP contribution in [0.4, 0.5) is 0 Å². The lowest BCUT2D eigenvalue weighted by Crippen LogP contribution is -2.25. The first-order valence-corrected chi connectivity index (χ1v) is 5.82. The van der Waals surface area contributed by atoms with E-state index in [0.717, 1.165) is 31.0 Å². The third-order valence-corrected chi connectivity index (χ3v) is 2.50. The monoisotopic (exact) mass is 239 g/mol. The van der Waals surface area contributed by atoms with Gasteiger partial charge in [0.2, 0.25) is 0 Å². The van der Waals surface area contributed by atoms with E-state index in [1.807, 2.05) is 31.3 Å². The summed E-state index contributed by atoms with van der Waals surface area (Å²) >= 11 is 0. The van der Waals surface area contributed by atoms with E-state index in [4.69, 9.17) is 14.6 Å². The van der Waals surface area contributed by atoms with E-state index in [1.165, 1.54) is 0 Å². The van der Waals surface area contributed by atoms with Crippen LogP contribution in [0.15, 0.2) is 24.3 Å². The Hall–Kier alpha value is -1.26. The molecule has 0 heterocycles. The number of hydrogen-bond donors (Lipinski definition) is 1. The molecule has 0 unspecified atom stereocenters. The Labute approximate surface area is 103 Å². The number of ether oxygens (including phenoxy) is 2. The van der Waals surface area contributed by atoms with E-state index < -0.39 is 0 Å². The molecule has 17 heavy (non-hydrogen) atoms. The van der Waals surface area contributed by atoms with Crippen molar-refractivity contribution in [2.45, 2.75) is 6.42 Å². The molecule has 4 heteroatoms. The average molecular weight is 239 g/mol. The van der Waals surface area contributed by atoms with Gasteiger partial charge in [0.1, 0.15) is 18.1 Å². The van der Waals surface area contributed by atoms with E-state index in [9.17, 15) is 0 Å². The van der Waals surface area contributed by atoms with Crippen molar-refractivity contribution in [1.29, 1.82) is 0 Å². The van der Waals surface area contributed by atoms with Gasteiger partial charge in [-0.2, -0.15) is 0 Å². The lowest BCUT2D eigenvalue weighted by Gasteiger charge is -2.16. The van der Waals surface area contributed by atoms with Crippen LogP contribution in [0.2, 0.25) is 0 Å².